The monoisotopic (exact) mass is 276 g/mol. The van der Waals surface area contributed by atoms with Crippen molar-refractivity contribution in [1.82, 2.24) is 0 Å². The molecule has 0 spiro atoms. The van der Waals surface area contributed by atoms with Crippen molar-refractivity contribution < 1.29 is 13.9 Å². The zero-order valence-electron chi connectivity index (χ0n) is 10.4. The molecule has 0 amide bonds. The molecule has 0 saturated carbocycles. The molecule has 0 fully saturated rings. The van der Waals surface area contributed by atoms with Gasteiger partial charge in [0, 0.05) is 10.6 Å². The van der Waals surface area contributed by atoms with Crippen LogP contribution in [0.2, 0.25) is 0 Å². The van der Waals surface area contributed by atoms with Gasteiger partial charge >= 0.3 is 5.97 Å². The van der Waals surface area contributed by atoms with Crippen LogP contribution in [0.5, 0.6) is 0 Å². The fourth-order valence-corrected chi connectivity index (χ4v) is 2.55. The highest BCUT2D eigenvalue weighted by molar-refractivity contribution is 7.98. The standard InChI is InChI=1S/C15H13FO2S/c1-18-15(17)14-5-3-2-4-11(14)10-19-13-8-6-12(16)7-9-13/h2-9H,10H2,1H3. The Morgan fingerprint density at radius 2 is 1.84 bits per heavy atom. The van der Waals surface area contributed by atoms with E-state index in [-0.39, 0.29) is 11.8 Å². The van der Waals surface area contributed by atoms with Gasteiger partial charge in [-0.15, -0.1) is 11.8 Å². The maximum absolute atomic E-state index is 12.8. The number of carbonyl (C=O) groups excluding carboxylic acids is 1. The summed E-state index contributed by atoms with van der Waals surface area (Å²) >= 11 is 1.55. The van der Waals surface area contributed by atoms with Crippen molar-refractivity contribution in [3.05, 3.63) is 65.5 Å². The van der Waals surface area contributed by atoms with E-state index in [9.17, 15) is 9.18 Å². The average molecular weight is 276 g/mol. The van der Waals surface area contributed by atoms with Crippen LogP contribution in [-0.4, -0.2) is 13.1 Å². The number of carbonyl (C=O) groups is 1. The lowest BCUT2D eigenvalue weighted by Gasteiger charge is -2.07. The van der Waals surface area contributed by atoms with Gasteiger partial charge < -0.3 is 4.74 Å². The number of hydrogen-bond acceptors (Lipinski definition) is 3. The largest absolute Gasteiger partial charge is 0.465 e. The highest BCUT2D eigenvalue weighted by Crippen LogP contribution is 2.24. The third-order valence-electron chi connectivity index (χ3n) is 2.63. The first kappa shape index (κ1) is 13.6. The van der Waals surface area contributed by atoms with Crippen LogP contribution in [0.25, 0.3) is 0 Å². The number of benzene rings is 2. The summed E-state index contributed by atoms with van der Waals surface area (Å²) in [6.45, 7) is 0. The Bertz CT molecular complexity index is 567. The number of methoxy groups -OCH3 is 1. The quantitative estimate of drug-likeness (QED) is 0.625. The molecule has 0 aliphatic carbocycles. The van der Waals surface area contributed by atoms with Gasteiger partial charge in [0.25, 0.3) is 0 Å². The van der Waals surface area contributed by atoms with Crippen LogP contribution in [0.3, 0.4) is 0 Å². The lowest BCUT2D eigenvalue weighted by molar-refractivity contribution is 0.0600. The summed E-state index contributed by atoms with van der Waals surface area (Å²) in [5.74, 6) is 0.0475. The number of rotatable bonds is 4. The van der Waals surface area contributed by atoms with Crippen LogP contribution in [0, 0.1) is 5.82 Å². The van der Waals surface area contributed by atoms with E-state index < -0.39 is 0 Å². The second-order valence-electron chi connectivity index (χ2n) is 3.89. The number of halogens is 1. The minimum atomic E-state index is -0.338. The summed E-state index contributed by atoms with van der Waals surface area (Å²) in [6.07, 6.45) is 0. The zero-order chi connectivity index (χ0) is 13.7. The normalized spacial score (nSPS) is 10.2. The fraction of sp³-hybridized carbons (Fsp3) is 0.133. The maximum Gasteiger partial charge on any atom is 0.338 e. The molecule has 0 bridgehead atoms. The first-order valence-electron chi connectivity index (χ1n) is 5.75. The van der Waals surface area contributed by atoms with Gasteiger partial charge in [0.15, 0.2) is 0 Å². The topological polar surface area (TPSA) is 26.3 Å². The molecule has 0 radical (unpaired) electrons. The highest BCUT2D eigenvalue weighted by atomic mass is 32.2. The molecule has 0 unspecified atom stereocenters. The van der Waals surface area contributed by atoms with E-state index in [1.54, 1.807) is 36.0 Å². The van der Waals surface area contributed by atoms with Crippen LogP contribution in [0.4, 0.5) is 4.39 Å². The molecule has 2 rings (SSSR count). The maximum atomic E-state index is 12.8. The summed E-state index contributed by atoms with van der Waals surface area (Å²) in [4.78, 5) is 12.6. The Kier molecular flexibility index (Phi) is 4.58. The second-order valence-corrected chi connectivity index (χ2v) is 4.94. The zero-order valence-corrected chi connectivity index (χ0v) is 11.2. The lowest BCUT2D eigenvalue weighted by atomic mass is 10.1. The molecule has 98 valence electrons. The minimum Gasteiger partial charge on any atom is -0.465 e. The van der Waals surface area contributed by atoms with Crippen LogP contribution in [0.1, 0.15) is 15.9 Å². The van der Waals surface area contributed by atoms with Crippen molar-refractivity contribution in [1.29, 1.82) is 0 Å². The molecule has 2 aromatic rings. The molecule has 0 aromatic heterocycles. The fourth-order valence-electron chi connectivity index (χ4n) is 1.65. The Balaban J connectivity index is 2.11. The van der Waals surface area contributed by atoms with Gasteiger partial charge in [-0.3, -0.25) is 0 Å². The van der Waals surface area contributed by atoms with Gasteiger partial charge in [-0.1, -0.05) is 18.2 Å². The first-order valence-corrected chi connectivity index (χ1v) is 6.74. The number of thioether (sulfide) groups is 1. The van der Waals surface area contributed by atoms with Crippen molar-refractivity contribution in [3.63, 3.8) is 0 Å². The lowest BCUT2D eigenvalue weighted by Crippen LogP contribution is -2.04. The molecular weight excluding hydrogens is 263 g/mol. The van der Waals surface area contributed by atoms with Crippen LogP contribution < -0.4 is 0 Å². The van der Waals surface area contributed by atoms with E-state index in [1.807, 2.05) is 12.1 Å². The molecular formula is C15H13FO2S. The average Bonchev–Trinajstić information content (AvgIpc) is 2.46. The molecule has 0 saturated heterocycles. The SMILES string of the molecule is COC(=O)c1ccccc1CSc1ccc(F)cc1. The predicted octanol–water partition coefficient (Wildman–Crippen LogP) is 3.90. The van der Waals surface area contributed by atoms with E-state index in [0.717, 1.165) is 10.5 Å². The van der Waals surface area contributed by atoms with E-state index in [1.165, 1.54) is 19.2 Å². The Morgan fingerprint density at radius 1 is 1.16 bits per heavy atom. The molecule has 0 atom stereocenters. The molecule has 4 heteroatoms. The highest BCUT2D eigenvalue weighted by Gasteiger charge is 2.10. The van der Waals surface area contributed by atoms with Crippen molar-refractivity contribution >= 4 is 17.7 Å². The smallest absolute Gasteiger partial charge is 0.338 e. The van der Waals surface area contributed by atoms with Crippen molar-refractivity contribution in [2.24, 2.45) is 0 Å². The van der Waals surface area contributed by atoms with E-state index in [4.69, 9.17) is 4.74 Å². The number of ether oxygens (including phenoxy) is 1. The molecule has 0 aliphatic rings. The molecule has 0 heterocycles. The summed E-state index contributed by atoms with van der Waals surface area (Å²) in [6, 6.07) is 13.6. The number of hydrogen-bond donors (Lipinski definition) is 0. The van der Waals surface area contributed by atoms with Gasteiger partial charge in [-0.25, -0.2) is 9.18 Å². The van der Waals surface area contributed by atoms with Gasteiger partial charge in [0.1, 0.15) is 5.82 Å². The Morgan fingerprint density at radius 3 is 2.53 bits per heavy atom. The van der Waals surface area contributed by atoms with Crippen LogP contribution >= 0.6 is 11.8 Å². The molecule has 2 aromatic carbocycles. The molecule has 0 N–H and O–H groups in total. The summed E-state index contributed by atoms with van der Waals surface area (Å²) < 4.78 is 17.5. The van der Waals surface area contributed by atoms with Crippen LogP contribution in [-0.2, 0) is 10.5 Å². The van der Waals surface area contributed by atoms with Crippen molar-refractivity contribution in [3.8, 4) is 0 Å². The van der Waals surface area contributed by atoms with Gasteiger partial charge in [0.05, 0.1) is 12.7 Å². The Labute approximate surface area is 115 Å². The van der Waals surface area contributed by atoms with Gasteiger partial charge in [0.2, 0.25) is 0 Å². The summed E-state index contributed by atoms with van der Waals surface area (Å²) in [5, 5.41) is 0. The summed E-state index contributed by atoms with van der Waals surface area (Å²) in [5.41, 5.74) is 1.48. The third-order valence-corrected chi connectivity index (χ3v) is 3.69. The van der Waals surface area contributed by atoms with Crippen LogP contribution in [0.15, 0.2) is 53.4 Å². The van der Waals surface area contributed by atoms with Gasteiger partial charge in [-0.2, -0.15) is 0 Å². The van der Waals surface area contributed by atoms with Crippen molar-refractivity contribution in [2.45, 2.75) is 10.6 Å². The summed E-state index contributed by atoms with van der Waals surface area (Å²) in [7, 11) is 1.37. The third kappa shape index (κ3) is 3.58. The molecule has 19 heavy (non-hydrogen) atoms. The second kappa shape index (κ2) is 6.38. The molecule has 2 nitrogen and oxygen atoms in total. The minimum absolute atomic E-state index is 0.251. The van der Waals surface area contributed by atoms with Gasteiger partial charge in [-0.05, 0) is 35.9 Å². The van der Waals surface area contributed by atoms with E-state index in [2.05, 4.69) is 0 Å². The first-order chi connectivity index (χ1) is 9.20. The Hall–Kier alpha value is -1.81. The van der Waals surface area contributed by atoms with E-state index >= 15 is 0 Å². The predicted molar refractivity (Wildman–Crippen MR) is 73.7 cm³/mol. The number of esters is 1. The molecule has 0 aliphatic heterocycles. The van der Waals surface area contributed by atoms with Crippen molar-refractivity contribution in [2.75, 3.05) is 7.11 Å². The van der Waals surface area contributed by atoms with E-state index in [0.29, 0.717) is 11.3 Å².